The van der Waals surface area contributed by atoms with Crippen molar-refractivity contribution < 1.29 is 0 Å². The Labute approximate surface area is 73.4 Å². The molecule has 0 spiro atoms. The van der Waals surface area contributed by atoms with Crippen molar-refractivity contribution in [3.63, 3.8) is 0 Å². The zero-order chi connectivity index (χ0) is 8.10. The van der Waals surface area contributed by atoms with E-state index >= 15 is 0 Å². The Balaban J connectivity index is 2.76. The van der Waals surface area contributed by atoms with Gasteiger partial charge in [0.15, 0.2) is 0 Å². The van der Waals surface area contributed by atoms with E-state index in [-0.39, 0.29) is 0 Å². The number of hydrogen-bond donors (Lipinski definition) is 0. The van der Waals surface area contributed by atoms with E-state index in [0.29, 0.717) is 5.56 Å². The molecule has 0 aliphatic carbocycles. The number of aromatic nitrogens is 1. The third kappa shape index (κ3) is 2.45. The van der Waals surface area contributed by atoms with Crippen molar-refractivity contribution in [1.29, 1.82) is 5.26 Å². The lowest BCUT2D eigenvalue weighted by Crippen LogP contribution is -1.78. The van der Waals surface area contributed by atoms with Gasteiger partial charge in [-0.1, -0.05) is 10.8 Å². The topological polar surface area (TPSA) is 36.7 Å². The highest BCUT2D eigenvalue weighted by Crippen LogP contribution is 2.25. The molecule has 0 aromatic carbocycles. The van der Waals surface area contributed by atoms with Crippen LogP contribution in [-0.2, 0) is 0 Å². The fourth-order valence-electron chi connectivity index (χ4n) is 0.581. The lowest BCUT2D eigenvalue weighted by atomic mass is 10.3. The fraction of sp³-hybridized carbons (Fsp3) is 0.143. The molecule has 1 heterocycles. The molecule has 56 valence electrons. The van der Waals surface area contributed by atoms with Crippen LogP contribution in [0.15, 0.2) is 23.4 Å². The first-order valence-electron chi connectivity index (χ1n) is 2.93. The molecule has 0 bridgehead atoms. The van der Waals surface area contributed by atoms with E-state index in [0.717, 1.165) is 5.03 Å². The smallest absolute Gasteiger partial charge is 0.107 e. The maximum atomic E-state index is 8.46. The molecule has 0 atom stereocenters. The van der Waals surface area contributed by atoms with Gasteiger partial charge in [0.05, 0.1) is 5.56 Å². The third-order valence-electron chi connectivity index (χ3n) is 1.03. The highest BCUT2D eigenvalue weighted by molar-refractivity contribution is 8.76. The normalized spacial score (nSPS) is 9.09. The van der Waals surface area contributed by atoms with Crippen LogP contribution in [0.4, 0.5) is 0 Å². The van der Waals surface area contributed by atoms with Gasteiger partial charge in [0.25, 0.3) is 0 Å². The molecule has 0 aliphatic heterocycles. The highest BCUT2D eigenvalue weighted by Gasteiger charge is 1.93. The van der Waals surface area contributed by atoms with Crippen molar-refractivity contribution in [2.24, 2.45) is 0 Å². The summed E-state index contributed by atoms with van der Waals surface area (Å²) in [6.07, 6.45) is 3.57. The largest absolute Gasteiger partial charge is 0.248 e. The predicted molar refractivity (Wildman–Crippen MR) is 48.3 cm³/mol. The molecule has 11 heavy (non-hydrogen) atoms. The Kier molecular flexibility index (Phi) is 3.27. The minimum absolute atomic E-state index is 0.607. The molecule has 0 saturated carbocycles. The van der Waals surface area contributed by atoms with E-state index in [1.54, 1.807) is 33.9 Å². The molecule has 0 saturated heterocycles. The maximum absolute atomic E-state index is 8.46. The molecule has 1 aromatic rings. The van der Waals surface area contributed by atoms with Crippen LogP contribution in [0.1, 0.15) is 5.56 Å². The first-order chi connectivity index (χ1) is 5.36. The van der Waals surface area contributed by atoms with Crippen molar-refractivity contribution in [3.8, 4) is 6.07 Å². The molecule has 0 fully saturated rings. The van der Waals surface area contributed by atoms with E-state index in [1.165, 1.54) is 0 Å². The lowest BCUT2D eigenvalue weighted by molar-refractivity contribution is 1.13. The summed E-state index contributed by atoms with van der Waals surface area (Å²) in [5, 5.41) is 9.40. The summed E-state index contributed by atoms with van der Waals surface area (Å²) in [6, 6.07) is 5.63. The van der Waals surface area contributed by atoms with Crippen molar-refractivity contribution >= 4 is 21.6 Å². The van der Waals surface area contributed by atoms with E-state index in [1.807, 2.05) is 18.4 Å². The van der Waals surface area contributed by atoms with Crippen LogP contribution in [0.25, 0.3) is 0 Å². The van der Waals surface area contributed by atoms with E-state index in [4.69, 9.17) is 5.26 Å². The standard InChI is InChI=1S/C7H6N2S2/c1-10-11-7-3-2-6(4-8)5-9-7/h2-3,5H,1H3. The van der Waals surface area contributed by atoms with Crippen LogP contribution in [0.5, 0.6) is 0 Å². The minimum atomic E-state index is 0.607. The quantitative estimate of drug-likeness (QED) is 0.658. The summed E-state index contributed by atoms with van der Waals surface area (Å²) in [4.78, 5) is 4.06. The molecule has 1 rings (SSSR count). The highest BCUT2D eigenvalue weighted by atomic mass is 33.1. The summed E-state index contributed by atoms with van der Waals surface area (Å²) < 4.78 is 0. The first-order valence-corrected chi connectivity index (χ1v) is 5.49. The molecule has 0 radical (unpaired) electrons. The first kappa shape index (κ1) is 8.44. The van der Waals surface area contributed by atoms with Crippen LogP contribution in [-0.4, -0.2) is 11.2 Å². The number of nitrogens with zero attached hydrogens (tertiary/aromatic N) is 2. The monoisotopic (exact) mass is 182 g/mol. The van der Waals surface area contributed by atoms with Gasteiger partial charge >= 0.3 is 0 Å². The summed E-state index contributed by atoms with van der Waals surface area (Å²) in [7, 11) is 3.23. The molecule has 0 unspecified atom stereocenters. The Morgan fingerprint density at radius 1 is 1.55 bits per heavy atom. The summed E-state index contributed by atoms with van der Waals surface area (Å²) in [5.41, 5.74) is 0.607. The maximum Gasteiger partial charge on any atom is 0.107 e. The van der Waals surface area contributed by atoms with Crippen molar-refractivity contribution in [2.45, 2.75) is 5.03 Å². The van der Waals surface area contributed by atoms with Gasteiger partial charge in [-0.3, -0.25) is 0 Å². The second kappa shape index (κ2) is 4.27. The van der Waals surface area contributed by atoms with E-state index in [2.05, 4.69) is 4.98 Å². The second-order valence-electron chi connectivity index (χ2n) is 1.75. The summed E-state index contributed by atoms with van der Waals surface area (Å²) in [6.45, 7) is 0. The SMILES string of the molecule is CSSc1ccc(C#N)cn1. The number of pyridine rings is 1. The van der Waals surface area contributed by atoms with Gasteiger partial charge in [-0.2, -0.15) is 5.26 Å². The van der Waals surface area contributed by atoms with Crippen LogP contribution in [0.2, 0.25) is 0 Å². The van der Waals surface area contributed by atoms with Crippen LogP contribution in [0.3, 0.4) is 0 Å². The van der Waals surface area contributed by atoms with Gasteiger partial charge in [-0.05, 0) is 29.2 Å². The molecule has 0 N–H and O–H groups in total. The van der Waals surface area contributed by atoms with Crippen molar-refractivity contribution in [3.05, 3.63) is 23.9 Å². The summed E-state index contributed by atoms with van der Waals surface area (Å²) in [5.74, 6) is 0. The Morgan fingerprint density at radius 2 is 2.36 bits per heavy atom. The molecule has 1 aromatic heterocycles. The van der Waals surface area contributed by atoms with Gasteiger partial charge in [-0.25, -0.2) is 4.98 Å². The average molecular weight is 182 g/mol. The van der Waals surface area contributed by atoms with Gasteiger partial charge in [0, 0.05) is 6.20 Å². The Morgan fingerprint density at radius 3 is 2.82 bits per heavy atom. The average Bonchev–Trinajstić information content (AvgIpc) is 2.07. The zero-order valence-corrected chi connectivity index (χ0v) is 7.58. The number of hydrogen-bond acceptors (Lipinski definition) is 4. The van der Waals surface area contributed by atoms with E-state index < -0.39 is 0 Å². The molecular weight excluding hydrogens is 176 g/mol. The van der Waals surface area contributed by atoms with Crippen LogP contribution in [0, 0.1) is 11.3 Å². The van der Waals surface area contributed by atoms with Crippen LogP contribution < -0.4 is 0 Å². The number of nitriles is 1. The van der Waals surface area contributed by atoms with Gasteiger partial charge < -0.3 is 0 Å². The zero-order valence-electron chi connectivity index (χ0n) is 5.94. The Bertz CT molecular complexity index is 263. The molecule has 0 amide bonds. The molecule has 2 nitrogen and oxygen atoms in total. The molecule has 4 heteroatoms. The van der Waals surface area contributed by atoms with E-state index in [9.17, 15) is 0 Å². The van der Waals surface area contributed by atoms with Gasteiger partial charge in [0.1, 0.15) is 11.1 Å². The second-order valence-corrected chi connectivity index (χ2v) is 4.17. The van der Waals surface area contributed by atoms with Crippen LogP contribution >= 0.6 is 21.6 Å². The van der Waals surface area contributed by atoms with Gasteiger partial charge in [-0.15, -0.1) is 0 Å². The Hall–Kier alpha value is -0.660. The molecule has 0 aliphatic rings. The fourth-order valence-corrected chi connectivity index (χ4v) is 1.78. The minimum Gasteiger partial charge on any atom is -0.248 e. The van der Waals surface area contributed by atoms with Crippen molar-refractivity contribution in [1.82, 2.24) is 4.98 Å². The molecular formula is C7H6N2S2. The third-order valence-corrected chi connectivity index (χ3v) is 2.63. The summed E-state index contributed by atoms with van der Waals surface area (Å²) >= 11 is 0. The number of rotatable bonds is 2. The van der Waals surface area contributed by atoms with Gasteiger partial charge in [0.2, 0.25) is 0 Å². The predicted octanol–water partition coefficient (Wildman–Crippen LogP) is 2.32. The lowest BCUT2D eigenvalue weighted by Gasteiger charge is -1.93. The van der Waals surface area contributed by atoms with Crippen molar-refractivity contribution in [2.75, 3.05) is 6.26 Å².